The van der Waals surface area contributed by atoms with Gasteiger partial charge in [0.05, 0.1) is 23.6 Å². The Labute approximate surface area is 200 Å². The lowest BCUT2D eigenvalue weighted by atomic mass is 9.89. The summed E-state index contributed by atoms with van der Waals surface area (Å²) >= 11 is 1.11. The third-order valence-electron chi connectivity index (χ3n) is 5.66. The van der Waals surface area contributed by atoms with E-state index >= 15 is 0 Å². The molecule has 0 bridgehead atoms. The first-order chi connectivity index (χ1) is 16.4. The molecule has 9 heteroatoms. The van der Waals surface area contributed by atoms with E-state index < -0.39 is 23.8 Å². The lowest BCUT2D eigenvalue weighted by Crippen LogP contribution is -2.40. The molecule has 1 aliphatic rings. The number of Topliss-reactive ketones (excluding diaryl/α,β-unsaturated/α-hetero) is 1. The number of hydrogen-bond donors (Lipinski definition) is 2. The van der Waals surface area contributed by atoms with Crippen LogP contribution in [0.15, 0.2) is 54.6 Å². The minimum absolute atomic E-state index is 0.00507. The molecule has 1 heterocycles. The number of esters is 1. The van der Waals surface area contributed by atoms with Crippen LogP contribution in [0, 0.1) is 12.8 Å². The van der Waals surface area contributed by atoms with Crippen molar-refractivity contribution in [3.8, 4) is 0 Å². The largest absolute Gasteiger partial charge is 0.467 e. The summed E-state index contributed by atoms with van der Waals surface area (Å²) in [5.74, 6) is -2.24. The molecular weight excluding hydrogens is 454 g/mol. The Morgan fingerprint density at radius 3 is 2.47 bits per heavy atom. The van der Waals surface area contributed by atoms with E-state index in [-0.39, 0.29) is 24.5 Å². The molecule has 3 aromatic rings. The number of benzene rings is 2. The molecule has 0 spiro atoms. The number of anilines is 1. The van der Waals surface area contributed by atoms with Gasteiger partial charge < -0.3 is 10.1 Å². The van der Waals surface area contributed by atoms with Gasteiger partial charge in [0.25, 0.3) is 5.91 Å². The zero-order chi connectivity index (χ0) is 24.2. The van der Waals surface area contributed by atoms with E-state index in [0.29, 0.717) is 26.8 Å². The maximum Gasteiger partial charge on any atom is 0.333 e. The Morgan fingerprint density at radius 1 is 1.06 bits per heavy atom. The van der Waals surface area contributed by atoms with Crippen LogP contribution in [0.5, 0.6) is 0 Å². The molecule has 1 aliphatic carbocycles. The summed E-state index contributed by atoms with van der Waals surface area (Å²) in [6, 6.07) is 15.0. The molecule has 34 heavy (non-hydrogen) atoms. The summed E-state index contributed by atoms with van der Waals surface area (Å²) in [7, 11) is 1.25. The van der Waals surface area contributed by atoms with Crippen LogP contribution in [-0.4, -0.2) is 35.7 Å². The second-order valence-corrected chi connectivity index (χ2v) is 8.97. The number of carbonyl (C=O) groups is 4. The van der Waals surface area contributed by atoms with Crippen LogP contribution in [0.2, 0.25) is 0 Å². The summed E-state index contributed by atoms with van der Waals surface area (Å²) < 4.78 is 4.85. The Kier molecular flexibility index (Phi) is 6.83. The van der Waals surface area contributed by atoms with Crippen molar-refractivity contribution >= 4 is 40.0 Å². The van der Waals surface area contributed by atoms with E-state index in [0.717, 1.165) is 16.9 Å². The number of fused-ring (bicyclic) bond motifs is 1. The van der Waals surface area contributed by atoms with Crippen LogP contribution in [-0.2, 0) is 20.7 Å². The highest BCUT2D eigenvalue weighted by atomic mass is 32.1. The van der Waals surface area contributed by atoms with Gasteiger partial charge in [-0.3, -0.25) is 19.7 Å². The number of carbonyl (C=O) groups excluding carboxylic acids is 4. The fourth-order valence-electron chi connectivity index (χ4n) is 3.86. The highest BCUT2D eigenvalue weighted by Gasteiger charge is 2.35. The molecular formula is C25H23N3O5S. The fourth-order valence-corrected chi connectivity index (χ4v) is 4.80. The van der Waals surface area contributed by atoms with Crippen LogP contribution >= 0.6 is 11.3 Å². The summed E-state index contributed by atoms with van der Waals surface area (Å²) in [6.07, 6.45) is 0.223. The van der Waals surface area contributed by atoms with Crippen molar-refractivity contribution in [1.29, 1.82) is 0 Å². The minimum atomic E-state index is -0.977. The molecule has 2 amide bonds. The van der Waals surface area contributed by atoms with Gasteiger partial charge in [-0.1, -0.05) is 59.9 Å². The van der Waals surface area contributed by atoms with Gasteiger partial charge in [0.15, 0.2) is 17.0 Å². The molecule has 0 fully saturated rings. The highest BCUT2D eigenvalue weighted by molar-refractivity contribution is 7.17. The van der Waals surface area contributed by atoms with E-state index in [4.69, 9.17) is 4.74 Å². The average Bonchev–Trinajstić information content (AvgIpc) is 3.25. The smallest absolute Gasteiger partial charge is 0.333 e. The molecule has 0 unspecified atom stereocenters. The van der Waals surface area contributed by atoms with Crippen molar-refractivity contribution in [2.45, 2.75) is 25.8 Å². The normalized spacial score (nSPS) is 15.7. The van der Waals surface area contributed by atoms with Gasteiger partial charge in [-0.2, -0.15) is 0 Å². The molecule has 0 aliphatic heterocycles. The number of nitrogens with one attached hydrogen (secondary N) is 2. The molecule has 4 rings (SSSR count). The van der Waals surface area contributed by atoms with Gasteiger partial charge in [0.2, 0.25) is 5.91 Å². The molecule has 1 aromatic heterocycles. The fraction of sp³-hybridized carbons (Fsp3) is 0.240. The number of rotatable bonds is 6. The van der Waals surface area contributed by atoms with Crippen molar-refractivity contribution < 1.29 is 23.9 Å². The maximum absolute atomic E-state index is 13.0. The third-order valence-corrected chi connectivity index (χ3v) is 6.71. The van der Waals surface area contributed by atoms with Gasteiger partial charge in [0.1, 0.15) is 0 Å². The Balaban J connectivity index is 1.48. The Morgan fingerprint density at radius 2 is 1.76 bits per heavy atom. The lowest BCUT2D eigenvalue weighted by Gasteiger charge is -2.23. The van der Waals surface area contributed by atoms with Crippen LogP contribution in [0.3, 0.4) is 0 Å². The second kappa shape index (κ2) is 9.96. The number of methoxy groups -OCH3 is 1. The zero-order valence-corrected chi connectivity index (χ0v) is 19.5. The maximum atomic E-state index is 13.0. The van der Waals surface area contributed by atoms with Crippen LogP contribution in [0.4, 0.5) is 5.13 Å². The molecule has 0 saturated heterocycles. The van der Waals surface area contributed by atoms with Crippen LogP contribution < -0.4 is 10.6 Å². The molecule has 2 atom stereocenters. The lowest BCUT2D eigenvalue weighted by molar-refractivity contribution is -0.145. The second-order valence-electron chi connectivity index (χ2n) is 7.97. The van der Waals surface area contributed by atoms with Gasteiger partial charge in [-0.25, -0.2) is 9.78 Å². The number of ketones is 1. The standard InChI is InChI=1S/C25H23N3O5S/c1-14-8-6-7-11-17(14)23(31)28-25-26-18-12-16(13-19(29)21(18)34-25)22(30)27-20(24(32)33-2)15-9-4-3-5-10-15/h3-11,16,20H,12-13H2,1-2H3,(H,27,30)(H,26,28,31)/t16-,20-/m0/s1. The quantitative estimate of drug-likeness (QED) is 0.526. The number of aromatic nitrogens is 1. The van der Waals surface area contributed by atoms with E-state index in [1.165, 1.54) is 7.11 Å². The van der Waals surface area contributed by atoms with Crippen molar-refractivity contribution in [1.82, 2.24) is 10.3 Å². The molecule has 8 nitrogen and oxygen atoms in total. The first-order valence-corrected chi connectivity index (χ1v) is 11.5. The topological polar surface area (TPSA) is 114 Å². The Bertz CT molecular complexity index is 1250. The highest BCUT2D eigenvalue weighted by Crippen LogP contribution is 2.33. The van der Waals surface area contributed by atoms with Crippen LogP contribution in [0.1, 0.15) is 49.3 Å². The predicted octanol–water partition coefficient (Wildman–Crippen LogP) is 3.48. The van der Waals surface area contributed by atoms with Gasteiger partial charge in [-0.05, 0) is 24.1 Å². The number of nitrogens with zero attached hydrogens (tertiary/aromatic N) is 1. The summed E-state index contributed by atoms with van der Waals surface area (Å²) in [5.41, 5.74) is 2.40. The summed E-state index contributed by atoms with van der Waals surface area (Å²) in [5, 5.41) is 5.77. The monoisotopic (exact) mass is 477 g/mol. The molecule has 174 valence electrons. The zero-order valence-electron chi connectivity index (χ0n) is 18.7. The van der Waals surface area contributed by atoms with Crippen molar-refractivity contribution in [3.63, 3.8) is 0 Å². The molecule has 0 radical (unpaired) electrons. The number of aryl methyl sites for hydroxylation is 1. The Hall–Kier alpha value is -3.85. The van der Waals surface area contributed by atoms with Gasteiger partial charge in [-0.15, -0.1) is 0 Å². The van der Waals surface area contributed by atoms with Gasteiger partial charge in [0, 0.05) is 18.4 Å². The minimum Gasteiger partial charge on any atom is -0.467 e. The molecule has 0 saturated carbocycles. The first-order valence-electron chi connectivity index (χ1n) is 10.7. The number of amides is 2. The van der Waals surface area contributed by atoms with E-state index in [1.807, 2.05) is 19.1 Å². The third kappa shape index (κ3) is 4.89. The van der Waals surface area contributed by atoms with Crippen molar-refractivity contribution in [3.05, 3.63) is 81.9 Å². The number of ether oxygens (including phenoxy) is 1. The molecule has 2 N–H and O–H groups in total. The van der Waals surface area contributed by atoms with Crippen molar-refractivity contribution in [2.24, 2.45) is 5.92 Å². The van der Waals surface area contributed by atoms with E-state index in [9.17, 15) is 19.2 Å². The number of thiazole rings is 1. The average molecular weight is 478 g/mol. The van der Waals surface area contributed by atoms with Gasteiger partial charge >= 0.3 is 5.97 Å². The van der Waals surface area contributed by atoms with Crippen LogP contribution in [0.25, 0.3) is 0 Å². The number of hydrogen-bond acceptors (Lipinski definition) is 7. The predicted molar refractivity (Wildman–Crippen MR) is 127 cm³/mol. The van der Waals surface area contributed by atoms with Crippen molar-refractivity contribution in [2.75, 3.05) is 12.4 Å². The summed E-state index contributed by atoms with van der Waals surface area (Å²) in [6.45, 7) is 1.84. The van der Waals surface area contributed by atoms with E-state index in [1.54, 1.807) is 42.5 Å². The first kappa shape index (κ1) is 23.3. The molecule has 2 aromatic carbocycles. The van der Waals surface area contributed by atoms with E-state index in [2.05, 4.69) is 15.6 Å². The summed E-state index contributed by atoms with van der Waals surface area (Å²) in [4.78, 5) is 55.5. The SMILES string of the molecule is COC(=O)[C@@H](NC(=O)[C@@H]1CC(=O)c2sc(NC(=O)c3ccccc3C)nc2C1)c1ccccc1.